The van der Waals surface area contributed by atoms with E-state index in [0.717, 1.165) is 5.56 Å². The zero-order valence-electron chi connectivity index (χ0n) is 14.0. The van der Waals surface area contributed by atoms with E-state index in [-0.39, 0.29) is 16.4 Å². The Morgan fingerprint density at radius 2 is 1.88 bits per heavy atom. The summed E-state index contributed by atoms with van der Waals surface area (Å²) in [6.45, 7) is 4.83. The number of hydrogen-bond donors (Lipinski definition) is 1. The van der Waals surface area contributed by atoms with Crippen LogP contribution in [0.25, 0.3) is 21.9 Å². The number of carbonyl (C=O) groups is 2. The minimum atomic E-state index is -1.12. The summed E-state index contributed by atoms with van der Waals surface area (Å²) in [5.41, 5.74) is 1.85. The summed E-state index contributed by atoms with van der Waals surface area (Å²) in [5.74, 6) is -1.53. The topological polar surface area (TPSA) is 93.8 Å². The fraction of sp³-hybridized carbons (Fsp3) is 0.211. The number of carboxylic acids is 1. The zero-order valence-corrected chi connectivity index (χ0v) is 14.0. The zero-order chi connectivity index (χ0) is 18.3. The Morgan fingerprint density at radius 1 is 1.16 bits per heavy atom. The quantitative estimate of drug-likeness (QED) is 0.578. The maximum atomic E-state index is 12.9. The lowest BCUT2D eigenvalue weighted by atomic mass is 10.0. The minimum Gasteiger partial charge on any atom is -0.478 e. The van der Waals surface area contributed by atoms with Gasteiger partial charge in [0.2, 0.25) is 5.43 Å². The second-order valence-corrected chi connectivity index (χ2v) is 5.91. The van der Waals surface area contributed by atoms with Crippen LogP contribution in [0.3, 0.4) is 0 Å². The molecule has 0 fully saturated rings. The Morgan fingerprint density at radius 3 is 2.52 bits per heavy atom. The molecule has 3 rings (SSSR count). The lowest BCUT2D eigenvalue weighted by Gasteiger charge is -2.14. The molecule has 0 saturated heterocycles. The Bertz CT molecular complexity index is 1080. The van der Waals surface area contributed by atoms with Crippen molar-refractivity contribution in [3.8, 4) is 0 Å². The molecule has 25 heavy (non-hydrogen) atoms. The molecule has 0 saturated carbocycles. The number of fused-ring (bicyclic) bond motifs is 2. The van der Waals surface area contributed by atoms with Gasteiger partial charge in [-0.25, -0.2) is 4.79 Å². The molecule has 0 aliphatic rings. The molecule has 1 heterocycles. The molecule has 1 N–H and O–H groups in total. The average molecular weight is 340 g/mol. The van der Waals surface area contributed by atoms with Crippen molar-refractivity contribution in [2.75, 3.05) is 0 Å². The largest absolute Gasteiger partial charge is 0.478 e. The molecule has 2 aromatic carbocycles. The van der Waals surface area contributed by atoms with Crippen LogP contribution in [0.1, 0.15) is 41.4 Å². The van der Waals surface area contributed by atoms with Crippen LogP contribution < -0.4 is 5.43 Å². The monoisotopic (exact) mass is 340 g/mol. The molecule has 1 atom stereocenters. The van der Waals surface area contributed by atoms with Crippen LogP contribution in [0, 0.1) is 6.92 Å². The molecule has 6 nitrogen and oxygen atoms in total. The summed E-state index contributed by atoms with van der Waals surface area (Å²) in [4.78, 5) is 35.2. The number of aromatic carboxylic acids is 1. The van der Waals surface area contributed by atoms with Gasteiger partial charge in [0.15, 0.2) is 0 Å². The molecular weight excluding hydrogens is 324 g/mol. The van der Waals surface area contributed by atoms with Crippen molar-refractivity contribution in [3.63, 3.8) is 0 Å². The summed E-state index contributed by atoms with van der Waals surface area (Å²) in [6.07, 6.45) is -0.513. The summed E-state index contributed by atoms with van der Waals surface area (Å²) in [6, 6.07) is 7.60. The van der Waals surface area contributed by atoms with Gasteiger partial charge in [0.25, 0.3) is 0 Å². The van der Waals surface area contributed by atoms with Gasteiger partial charge in [-0.1, -0.05) is 0 Å². The van der Waals surface area contributed by atoms with Gasteiger partial charge < -0.3 is 14.3 Å². The van der Waals surface area contributed by atoms with Crippen LogP contribution in [0.4, 0.5) is 0 Å². The van der Waals surface area contributed by atoms with Gasteiger partial charge in [-0.05, 0) is 55.3 Å². The standard InChI is InChI=1S/C19H16O6/c1-9-6-13(10(2)24-11(3)20)8-15-17(21)14-7-12(19(22)23)4-5-16(14)25-18(9)15/h4-8,10H,1-3H3,(H,22,23). The number of hydrogen-bond acceptors (Lipinski definition) is 5. The van der Waals surface area contributed by atoms with Crippen molar-refractivity contribution in [1.82, 2.24) is 0 Å². The molecule has 6 heteroatoms. The third kappa shape index (κ3) is 2.98. The number of ether oxygens (including phenoxy) is 1. The van der Waals surface area contributed by atoms with E-state index in [1.54, 1.807) is 26.0 Å². The molecule has 1 aromatic heterocycles. The van der Waals surface area contributed by atoms with Gasteiger partial charge in [0.1, 0.15) is 17.3 Å². The molecular formula is C19H16O6. The Kier molecular flexibility index (Phi) is 4.04. The average Bonchev–Trinajstić information content (AvgIpc) is 2.54. The summed E-state index contributed by atoms with van der Waals surface area (Å²) in [7, 11) is 0. The first kappa shape index (κ1) is 16.7. The van der Waals surface area contributed by atoms with Crippen LogP contribution in [0.15, 0.2) is 39.5 Å². The number of carbonyl (C=O) groups excluding carboxylic acids is 1. The van der Waals surface area contributed by atoms with Gasteiger partial charge in [-0.2, -0.15) is 0 Å². The molecule has 0 radical (unpaired) electrons. The second-order valence-electron chi connectivity index (χ2n) is 5.91. The van der Waals surface area contributed by atoms with Crippen molar-refractivity contribution < 1.29 is 23.8 Å². The molecule has 0 amide bonds. The summed E-state index contributed by atoms with van der Waals surface area (Å²) < 4.78 is 11.0. The number of aryl methyl sites for hydroxylation is 1. The molecule has 0 spiro atoms. The van der Waals surface area contributed by atoms with Gasteiger partial charge in [-0.3, -0.25) is 9.59 Å². The Labute approximate surface area is 142 Å². The second kappa shape index (κ2) is 6.05. The van der Waals surface area contributed by atoms with E-state index in [1.807, 2.05) is 0 Å². The fourth-order valence-corrected chi connectivity index (χ4v) is 2.84. The number of esters is 1. The van der Waals surface area contributed by atoms with Gasteiger partial charge in [-0.15, -0.1) is 0 Å². The maximum absolute atomic E-state index is 12.9. The van der Waals surface area contributed by atoms with Crippen molar-refractivity contribution in [3.05, 3.63) is 57.2 Å². The molecule has 1 unspecified atom stereocenters. The molecule has 0 aliphatic heterocycles. The number of carboxylic acid groups (broad SMARTS) is 1. The van der Waals surface area contributed by atoms with E-state index in [9.17, 15) is 14.4 Å². The van der Waals surface area contributed by atoms with E-state index < -0.39 is 18.0 Å². The molecule has 0 aliphatic carbocycles. The lowest BCUT2D eigenvalue weighted by molar-refractivity contribution is -0.145. The Balaban J connectivity index is 2.30. The van der Waals surface area contributed by atoms with E-state index in [4.69, 9.17) is 14.3 Å². The van der Waals surface area contributed by atoms with E-state index in [1.165, 1.54) is 25.1 Å². The first-order chi connectivity index (χ1) is 11.8. The highest BCUT2D eigenvalue weighted by molar-refractivity contribution is 5.96. The van der Waals surface area contributed by atoms with Crippen LogP contribution in [0.2, 0.25) is 0 Å². The van der Waals surface area contributed by atoms with Crippen molar-refractivity contribution >= 4 is 33.9 Å². The maximum Gasteiger partial charge on any atom is 0.335 e. The first-order valence-corrected chi connectivity index (χ1v) is 7.69. The van der Waals surface area contributed by atoms with Crippen LogP contribution >= 0.6 is 0 Å². The van der Waals surface area contributed by atoms with Crippen molar-refractivity contribution in [2.45, 2.75) is 26.9 Å². The van der Waals surface area contributed by atoms with E-state index in [0.29, 0.717) is 22.1 Å². The predicted octanol–water partition coefficient (Wildman–Crippen LogP) is 3.58. The lowest BCUT2D eigenvalue weighted by Crippen LogP contribution is -2.08. The minimum absolute atomic E-state index is 0.0142. The highest BCUT2D eigenvalue weighted by Crippen LogP contribution is 2.27. The third-order valence-corrected chi connectivity index (χ3v) is 4.04. The highest BCUT2D eigenvalue weighted by Gasteiger charge is 2.16. The smallest absolute Gasteiger partial charge is 0.335 e. The fourth-order valence-electron chi connectivity index (χ4n) is 2.84. The normalized spacial score (nSPS) is 12.3. The highest BCUT2D eigenvalue weighted by atomic mass is 16.5. The SMILES string of the molecule is CC(=O)OC(C)c1cc(C)c2oc3ccc(C(=O)O)cc3c(=O)c2c1. The van der Waals surface area contributed by atoms with Crippen LogP contribution in [0.5, 0.6) is 0 Å². The number of rotatable bonds is 3. The van der Waals surface area contributed by atoms with E-state index >= 15 is 0 Å². The summed E-state index contributed by atoms with van der Waals surface area (Å²) >= 11 is 0. The predicted molar refractivity (Wildman–Crippen MR) is 91.9 cm³/mol. The van der Waals surface area contributed by atoms with Crippen molar-refractivity contribution in [1.29, 1.82) is 0 Å². The van der Waals surface area contributed by atoms with Crippen molar-refractivity contribution in [2.24, 2.45) is 0 Å². The first-order valence-electron chi connectivity index (χ1n) is 7.69. The Hall–Kier alpha value is -3.15. The number of benzene rings is 2. The van der Waals surface area contributed by atoms with Crippen LogP contribution in [-0.4, -0.2) is 17.0 Å². The molecule has 128 valence electrons. The van der Waals surface area contributed by atoms with Gasteiger partial charge >= 0.3 is 11.9 Å². The summed E-state index contributed by atoms with van der Waals surface area (Å²) in [5, 5.41) is 9.63. The molecule has 3 aromatic rings. The van der Waals surface area contributed by atoms with Crippen LogP contribution in [-0.2, 0) is 9.53 Å². The molecule has 0 bridgehead atoms. The van der Waals surface area contributed by atoms with E-state index in [2.05, 4.69) is 0 Å². The van der Waals surface area contributed by atoms with Gasteiger partial charge in [0.05, 0.1) is 16.3 Å². The van der Waals surface area contributed by atoms with Gasteiger partial charge in [0, 0.05) is 6.92 Å². The third-order valence-electron chi connectivity index (χ3n) is 4.04.